The van der Waals surface area contributed by atoms with Crippen LogP contribution in [0, 0.1) is 5.95 Å². The zero-order valence-corrected chi connectivity index (χ0v) is 15.5. The van der Waals surface area contributed by atoms with E-state index in [0.29, 0.717) is 47.7 Å². The number of carbonyl (C=O) groups is 2. The molecule has 1 aromatic carbocycles. The van der Waals surface area contributed by atoms with Gasteiger partial charge >= 0.3 is 6.09 Å². The minimum atomic E-state index is -0.777. The fourth-order valence-corrected chi connectivity index (χ4v) is 3.70. The third-order valence-electron chi connectivity index (χ3n) is 5.14. The minimum absolute atomic E-state index is 0.0408. The van der Waals surface area contributed by atoms with Gasteiger partial charge in [0.15, 0.2) is 5.69 Å². The van der Waals surface area contributed by atoms with Crippen LogP contribution in [-0.4, -0.2) is 39.3 Å². The lowest BCUT2D eigenvalue weighted by molar-refractivity contribution is 0.0709. The zero-order valence-electron chi connectivity index (χ0n) is 15.5. The smallest absolute Gasteiger partial charge is 0.404 e. The van der Waals surface area contributed by atoms with Gasteiger partial charge in [0.25, 0.3) is 5.91 Å². The van der Waals surface area contributed by atoms with E-state index in [1.807, 2.05) is 0 Å². The van der Waals surface area contributed by atoms with Crippen LogP contribution >= 0.6 is 0 Å². The van der Waals surface area contributed by atoms with Crippen LogP contribution in [-0.2, 0) is 4.74 Å². The summed E-state index contributed by atoms with van der Waals surface area (Å²) in [6.07, 6.45) is 3.04. The second-order valence-electron chi connectivity index (χ2n) is 7.06. The molecule has 0 saturated heterocycles. The Morgan fingerprint density at radius 1 is 1.21 bits per heavy atom. The lowest BCUT2D eigenvalue weighted by Gasteiger charge is -2.28. The fourth-order valence-electron chi connectivity index (χ4n) is 3.70. The third-order valence-corrected chi connectivity index (χ3v) is 5.14. The fraction of sp³-hybridized carbons (Fsp3) is 0.300. The number of nitrogens with one attached hydrogen (secondary N) is 2. The molecule has 2 heterocycles. The van der Waals surface area contributed by atoms with Gasteiger partial charge in [0.1, 0.15) is 6.10 Å². The van der Waals surface area contributed by atoms with Gasteiger partial charge < -0.3 is 15.8 Å². The van der Waals surface area contributed by atoms with Gasteiger partial charge in [0.2, 0.25) is 5.95 Å². The molecular weight excluding hydrogens is 377 g/mol. The zero-order chi connectivity index (χ0) is 20.4. The summed E-state index contributed by atoms with van der Waals surface area (Å²) in [5.41, 5.74) is 6.95. The Hall–Kier alpha value is -3.49. The maximum Gasteiger partial charge on any atom is 0.404 e. The van der Waals surface area contributed by atoms with Gasteiger partial charge in [-0.3, -0.25) is 9.89 Å². The van der Waals surface area contributed by atoms with Gasteiger partial charge in [-0.2, -0.15) is 9.49 Å². The van der Waals surface area contributed by atoms with Crippen LogP contribution in [0.25, 0.3) is 22.0 Å². The van der Waals surface area contributed by atoms with Crippen LogP contribution in [0.2, 0.25) is 0 Å². The summed E-state index contributed by atoms with van der Waals surface area (Å²) < 4.78 is 19.0. The molecule has 29 heavy (non-hydrogen) atoms. The highest BCUT2D eigenvalue weighted by molar-refractivity contribution is 6.05. The first kappa shape index (κ1) is 18.9. The van der Waals surface area contributed by atoms with E-state index in [2.05, 4.69) is 20.5 Å². The van der Waals surface area contributed by atoms with E-state index in [1.165, 1.54) is 6.20 Å². The van der Waals surface area contributed by atoms with E-state index < -0.39 is 12.0 Å². The van der Waals surface area contributed by atoms with Crippen molar-refractivity contribution in [3.8, 4) is 11.1 Å². The average Bonchev–Trinajstić information content (AvgIpc) is 3.13. The number of nitrogens with two attached hydrogens (primary N) is 1. The number of amides is 2. The molecule has 150 valence electrons. The third kappa shape index (κ3) is 4.03. The van der Waals surface area contributed by atoms with Crippen molar-refractivity contribution in [1.29, 1.82) is 0 Å². The maximum atomic E-state index is 14.0. The van der Waals surface area contributed by atoms with Gasteiger partial charge in [-0.15, -0.1) is 0 Å². The van der Waals surface area contributed by atoms with Crippen molar-refractivity contribution in [2.75, 3.05) is 0 Å². The van der Waals surface area contributed by atoms with Crippen molar-refractivity contribution in [3.63, 3.8) is 0 Å². The molecule has 3 aromatic rings. The van der Waals surface area contributed by atoms with Gasteiger partial charge in [0.05, 0.1) is 5.52 Å². The molecule has 4 rings (SSSR count). The van der Waals surface area contributed by atoms with E-state index in [4.69, 9.17) is 10.5 Å². The summed E-state index contributed by atoms with van der Waals surface area (Å²) in [6, 6.07) is 8.49. The summed E-state index contributed by atoms with van der Waals surface area (Å²) in [7, 11) is 0. The molecule has 0 unspecified atom stereocenters. The number of primary amides is 1. The van der Waals surface area contributed by atoms with Gasteiger partial charge in [0, 0.05) is 23.2 Å². The molecule has 1 fully saturated rings. The Bertz CT molecular complexity index is 1060. The predicted molar refractivity (Wildman–Crippen MR) is 103 cm³/mol. The number of benzene rings is 1. The van der Waals surface area contributed by atoms with Crippen molar-refractivity contribution in [1.82, 2.24) is 20.5 Å². The van der Waals surface area contributed by atoms with Crippen LogP contribution in [0.5, 0.6) is 0 Å². The van der Waals surface area contributed by atoms with Crippen LogP contribution in [0.15, 0.2) is 36.5 Å². The summed E-state index contributed by atoms with van der Waals surface area (Å²) in [4.78, 5) is 27.3. The van der Waals surface area contributed by atoms with E-state index in [-0.39, 0.29) is 23.7 Å². The number of rotatable bonds is 4. The number of hydrogen-bond acceptors (Lipinski definition) is 5. The number of aromatic nitrogens is 3. The topological polar surface area (TPSA) is 123 Å². The molecule has 1 saturated carbocycles. The minimum Gasteiger partial charge on any atom is -0.446 e. The number of H-pyrrole nitrogens is 1. The van der Waals surface area contributed by atoms with Crippen LogP contribution in [0.1, 0.15) is 36.2 Å². The SMILES string of the molecule is NC(=O)OC1CCC(NC(=O)c2n[nH]c3ccc(-c4cccnc4F)cc23)CC1. The van der Waals surface area contributed by atoms with Crippen molar-refractivity contribution < 1.29 is 18.7 Å². The Balaban J connectivity index is 1.51. The summed E-state index contributed by atoms with van der Waals surface area (Å²) in [5.74, 6) is -0.879. The molecule has 8 nitrogen and oxygen atoms in total. The van der Waals surface area contributed by atoms with Crippen molar-refractivity contribution in [2.45, 2.75) is 37.8 Å². The number of carbonyl (C=O) groups excluding carboxylic acids is 2. The summed E-state index contributed by atoms with van der Waals surface area (Å²) in [5, 5.41) is 10.6. The molecule has 0 spiro atoms. The standard InChI is InChI=1S/C20H20FN5O3/c21-18-14(2-1-9-23-18)11-3-8-16-15(10-11)17(26-25-16)19(27)24-12-4-6-13(7-5-12)29-20(22)28/h1-3,8-10,12-13H,4-7H2,(H2,22,28)(H,24,27)(H,25,26). The van der Waals surface area contributed by atoms with Crippen LogP contribution < -0.4 is 11.1 Å². The van der Waals surface area contributed by atoms with Crippen molar-refractivity contribution in [3.05, 3.63) is 48.2 Å². The number of nitrogens with zero attached hydrogens (tertiary/aromatic N) is 2. The molecule has 0 atom stereocenters. The molecule has 2 amide bonds. The van der Waals surface area contributed by atoms with Crippen LogP contribution in [0.4, 0.5) is 9.18 Å². The summed E-state index contributed by atoms with van der Waals surface area (Å²) in [6.45, 7) is 0. The number of ether oxygens (including phenoxy) is 1. The number of fused-ring (bicyclic) bond motifs is 1. The molecule has 0 radical (unpaired) electrons. The molecule has 1 aliphatic carbocycles. The van der Waals surface area contributed by atoms with E-state index in [9.17, 15) is 14.0 Å². The monoisotopic (exact) mass is 397 g/mol. The first-order chi connectivity index (χ1) is 14.0. The maximum absolute atomic E-state index is 14.0. The van der Waals surface area contributed by atoms with Gasteiger partial charge in [-0.25, -0.2) is 9.78 Å². The highest BCUT2D eigenvalue weighted by Gasteiger charge is 2.26. The second kappa shape index (κ2) is 7.86. The lowest BCUT2D eigenvalue weighted by atomic mass is 9.93. The molecule has 1 aliphatic rings. The normalized spacial score (nSPS) is 19.1. The number of halogens is 1. The highest BCUT2D eigenvalue weighted by Crippen LogP contribution is 2.27. The Labute approximate surface area is 165 Å². The van der Waals surface area contributed by atoms with Crippen LogP contribution in [0.3, 0.4) is 0 Å². The largest absolute Gasteiger partial charge is 0.446 e. The van der Waals surface area contributed by atoms with Crippen molar-refractivity contribution >= 4 is 22.9 Å². The average molecular weight is 397 g/mol. The Morgan fingerprint density at radius 3 is 2.72 bits per heavy atom. The molecule has 4 N–H and O–H groups in total. The highest BCUT2D eigenvalue weighted by atomic mass is 19.1. The van der Waals surface area contributed by atoms with E-state index >= 15 is 0 Å². The second-order valence-corrected chi connectivity index (χ2v) is 7.06. The molecule has 2 aromatic heterocycles. The van der Waals surface area contributed by atoms with E-state index in [1.54, 1.807) is 30.3 Å². The lowest BCUT2D eigenvalue weighted by Crippen LogP contribution is -2.40. The molecular formula is C20H20FN5O3. The summed E-state index contributed by atoms with van der Waals surface area (Å²) >= 11 is 0. The Kier molecular flexibility index (Phi) is 5.11. The first-order valence-corrected chi connectivity index (χ1v) is 9.37. The van der Waals surface area contributed by atoms with Crippen molar-refractivity contribution in [2.24, 2.45) is 5.73 Å². The van der Waals surface area contributed by atoms with E-state index in [0.717, 1.165) is 0 Å². The number of pyridine rings is 1. The Morgan fingerprint density at radius 2 is 2.00 bits per heavy atom. The first-order valence-electron chi connectivity index (χ1n) is 9.37. The van der Waals surface area contributed by atoms with Gasteiger partial charge in [-0.1, -0.05) is 6.07 Å². The molecule has 0 aliphatic heterocycles. The van der Waals surface area contributed by atoms with Gasteiger partial charge in [-0.05, 0) is 55.5 Å². The molecule has 9 heteroatoms. The quantitative estimate of drug-likeness (QED) is 0.584. The molecule has 0 bridgehead atoms. The number of aromatic amines is 1. The number of hydrogen-bond donors (Lipinski definition) is 3. The predicted octanol–water partition coefficient (Wildman–Crippen LogP) is 2.90.